The van der Waals surface area contributed by atoms with Gasteiger partial charge in [-0.15, -0.1) is 12.4 Å². The van der Waals surface area contributed by atoms with Gasteiger partial charge >= 0.3 is 0 Å². The Morgan fingerprint density at radius 3 is 2.73 bits per heavy atom. The van der Waals surface area contributed by atoms with Crippen LogP contribution in [0.25, 0.3) is 0 Å². The van der Waals surface area contributed by atoms with E-state index in [4.69, 9.17) is 0 Å². The molecule has 1 aliphatic rings. The first-order valence-corrected chi connectivity index (χ1v) is 7.95. The van der Waals surface area contributed by atoms with Crippen molar-refractivity contribution in [2.75, 3.05) is 33.2 Å². The lowest BCUT2D eigenvalue weighted by molar-refractivity contribution is -0.133. The summed E-state index contributed by atoms with van der Waals surface area (Å²) in [5.41, 5.74) is 1.20. The predicted molar refractivity (Wildman–Crippen MR) is 93.3 cm³/mol. The lowest BCUT2D eigenvalue weighted by atomic mass is 10.2. The molecule has 0 saturated carbocycles. The molecule has 1 heterocycles. The van der Waals surface area contributed by atoms with Crippen molar-refractivity contribution < 1.29 is 4.79 Å². The molecule has 124 valence electrons. The minimum Gasteiger partial charge on any atom is -0.338 e. The fraction of sp³-hybridized carbons (Fsp3) is 0.588. The van der Waals surface area contributed by atoms with E-state index in [9.17, 15) is 4.79 Å². The first-order chi connectivity index (χ1) is 10.2. The molecule has 1 unspecified atom stereocenters. The van der Waals surface area contributed by atoms with E-state index in [1.54, 1.807) is 0 Å². The van der Waals surface area contributed by atoms with Crippen LogP contribution in [0.15, 0.2) is 30.3 Å². The van der Waals surface area contributed by atoms with Crippen molar-refractivity contribution in [3.63, 3.8) is 0 Å². The summed E-state index contributed by atoms with van der Waals surface area (Å²) in [6.45, 7) is 6.08. The van der Waals surface area contributed by atoms with Crippen molar-refractivity contribution in [2.24, 2.45) is 0 Å². The van der Waals surface area contributed by atoms with Crippen molar-refractivity contribution in [3.05, 3.63) is 35.9 Å². The van der Waals surface area contributed by atoms with Crippen LogP contribution in [0.5, 0.6) is 0 Å². The quantitative estimate of drug-likeness (QED) is 0.834. The number of benzene rings is 1. The molecule has 22 heavy (non-hydrogen) atoms. The minimum atomic E-state index is 0. The SMILES string of the molecule is CCN(Cc1ccccc1)C(=O)CN1CCCC1CNC.Cl. The highest BCUT2D eigenvalue weighted by molar-refractivity contribution is 5.85. The number of carbonyl (C=O) groups excluding carboxylic acids is 1. The van der Waals surface area contributed by atoms with Crippen LogP contribution in [-0.4, -0.2) is 55.0 Å². The summed E-state index contributed by atoms with van der Waals surface area (Å²) >= 11 is 0. The Labute approximate surface area is 140 Å². The Morgan fingerprint density at radius 1 is 1.36 bits per heavy atom. The third kappa shape index (κ3) is 5.27. The maximum absolute atomic E-state index is 12.5. The third-order valence-electron chi connectivity index (χ3n) is 4.23. The van der Waals surface area contributed by atoms with Gasteiger partial charge in [0.15, 0.2) is 0 Å². The molecule has 0 aliphatic carbocycles. The first-order valence-electron chi connectivity index (χ1n) is 7.95. The summed E-state index contributed by atoms with van der Waals surface area (Å²) in [6.07, 6.45) is 2.39. The van der Waals surface area contributed by atoms with Crippen LogP contribution in [0.4, 0.5) is 0 Å². The maximum Gasteiger partial charge on any atom is 0.237 e. The minimum absolute atomic E-state index is 0. The summed E-state index contributed by atoms with van der Waals surface area (Å²) < 4.78 is 0. The molecule has 1 aromatic rings. The van der Waals surface area contributed by atoms with Crippen molar-refractivity contribution in [3.8, 4) is 0 Å². The lowest BCUT2D eigenvalue weighted by Gasteiger charge is -2.28. The second kappa shape index (κ2) is 9.82. The molecule has 1 atom stereocenters. The van der Waals surface area contributed by atoms with Crippen molar-refractivity contribution in [2.45, 2.75) is 32.4 Å². The van der Waals surface area contributed by atoms with Gasteiger partial charge in [-0.3, -0.25) is 9.69 Å². The topological polar surface area (TPSA) is 35.6 Å². The molecular formula is C17H28ClN3O. The predicted octanol–water partition coefficient (Wildman–Crippen LogP) is 2.14. The van der Waals surface area contributed by atoms with Gasteiger partial charge in [-0.25, -0.2) is 0 Å². The summed E-state index contributed by atoms with van der Waals surface area (Å²) in [5.74, 6) is 0.240. The molecular weight excluding hydrogens is 298 g/mol. The van der Waals surface area contributed by atoms with Gasteiger partial charge in [-0.2, -0.15) is 0 Å². The van der Waals surface area contributed by atoms with E-state index in [1.807, 2.05) is 30.1 Å². The molecule has 1 N–H and O–H groups in total. The molecule has 1 aliphatic heterocycles. The molecule has 1 fully saturated rings. The number of hydrogen-bond donors (Lipinski definition) is 1. The van der Waals surface area contributed by atoms with Crippen LogP contribution in [0, 0.1) is 0 Å². The zero-order chi connectivity index (χ0) is 15.1. The van der Waals surface area contributed by atoms with E-state index in [1.165, 1.54) is 18.4 Å². The Balaban J connectivity index is 0.00000242. The number of amides is 1. The largest absolute Gasteiger partial charge is 0.338 e. The first kappa shape index (κ1) is 18.9. The Morgan fingerprint density at radius 2 is 2.09 bits per heavy atom. The van der Waals surface area contributed by atoms with Crippen LogP contribution in [0.2, 0.25) is 0 Å². The van der Waals surface area contributed by atoms with E-state index in [-0.39, 0.29) is 18.3 Å². The average molecular weight is 326 g/mol. The van der Waals surface area contributed by atoms with E-state index in [2.05, 4.69) is 29.3 Å². The summed E-state index contributed by atoms with van der Waals surface area (Å²) in [6, 6.07) is 10.7. The average Bonchev–Trinajstić information content (AvgIpc) is 2.93. The molecule has 1 aromatic carbocycles. The standard InChI is InChI=1S/C17H27N3O.ClH/c1-3-19(13-15-8-5-4-6-9-15)17(21)14-20-11-7-10-16(20)12-18-2;/h4-6,8-9,16,18H,3,7,10-14H2,1-2H3;1H. The zero-order valence-corrected chi connectivity index (χ0v) is 14.4. The fourth-order valence-electron chi connectivity index (χ4n) is 3.02. The Kier molecular flexibility index (Phi) is 8.46. The van der Waals surface area contributed by atoms with Crippen LogP contribution < -0.4 is 5.32 Å². The molecule has 0 radical (unpaired) electrons. The van der Waals surface area contributed by atoms with Gasteiger partial charge in [-0.1, -0.05) is 30.3 Å². The molecule has 4 nitrogen and oxygen atoms in total. The Hall–Kier alpha value is -1.10. The normalized spacial score (nSPS) is 18.0. The summed E-state index contributed by atoms with van der Waals surface area (Å²) in [5, 5.41) is 3.23. The lowest BCUT2D eigenvalue weighted by Crippen LogP contribution is -2.44. The van der Waals surface area contributed by atoms with Gasteiger partial charge in [-0.05, 0) is 38.9 Å². The molecule has 1 amide bonds. The molecule has 1 saturated heterocycles. The fourth-order valence-corrected chi connectivity index (χ4v) is 3.02. The monoisotopic (exact) mass is 325 g/mol. The van der Waals surface area contributed by atoms with Gasteiger partial charge in [0.2, 0.25) is 5.91 Å². The maximum atomic E-state index is 12.5. The van der Waals surface area contributed by atoms with Gasteiger partial charge < -0.3 is 10.2 Å². The van der Waals surface area contributed by atoms with E-state index >= 15 is 0 Å². The van der Waals surface area contributed by atoms with E-state index in [0.717, 1.165) is 19.6 Å². The summed E-state index contributed by atoms with van der Waals surface area (Å²) in [4.78, 5) is 16.8. The number of nitrogens with one attached hydrogen (secondary N) is 1. The van der Waals surface area contributed by atoms with Crippen LogP contribution in [0.3, 0.4) is 0 Å². The van der Waals surface area contributed by atoms with Crippen LogP contribution in [-0.2, 0) is 11.3 Å². The number of likely N-dealkylation sites (N-methyl/N-ethyl adjacent to an activating group) is 2. The van der Waals surface area contributed by atoms with Crippen molar-refractivity contribution in [1.82, 2.24) is 15.1 Å². The van der Waals surface area contributed by atoms with Gasteiger partial charge in [0.05, 0.1) is 6.54 Å². The highest BCUT2D eigenvalue weighted by atomic mass is 35.5. The zero-order valence-electron chi connectivity index (χ0n) is 13.6. The molecule has 2 rings (SSSR count). The number of likely N-dealkylation sites (tertiary alicyclic amines) is 1. The van der Waals surface area contributed by atoms with E-state index in [0.29, 0.717) is 19.1 Å². The van der Waals surface area contributed by atoms with Crippen molar-refractivity contribution >= 4 is 18.3 Å². The Bertz CT molecular complexity index is 441. The van der Waals surface area contributed by atoms with Crippen molar-refractivity contribution in [1.29, 1.82) is 0 Å². The van der Waals surface area contributed by atoms with Gasteiger partial charge in [0, 0.05) is 25.7 Å². The number of rotatable bonds is 7. The molecule has 5 heteroatoms. The number of hydrogen-bond acceptors (Lipinski definition) is 3. The number of halogens is 1. The van der Waals surface area contributed by atoms with E-state index < -0.39 is 0 Å². The number of carbonyl (C=O) groups is 1. The highest BCUT2D eigenvalue weighted by Gasteiger charge is 2.26. The number of nitrogens with zero attached hydrogens (tertiary/aromatic N) is 2. The highest BCUT2D eigenvalue weighted by Crippen LogP contribution is 2.16. The van der Waals surface area contributed by atoms with Gasteiger partial charge in [0.1, 0.15) is 0 Å². The van der Waals surface area contributed by atoms with Crippen LogP contribution >= 0.6 is 12.4 Å². The van der Waals surface area contributed by atoms with Gasteiger partial charge in [0.25, 0.3) is 0 Å². The smallest absolute Gasteiger partial charge is 0.237 e. The molecule has 0 spiro atoms. The third-order valence-corrected chi connectivity index (χ3v) is 4.23. The molecule has 0 aromatic heterocycles. The molecule has 0 bridgehead atoms. The second-order valence-corrected chi connectivity index (χ2v) is 5.72. The van der Waals surface area contributed by atoms with Crippen LogP contribution in [0.1, 0.15) is 25.3 Å². The second-order valence-electron chi connectivity index (χ2n) is 5.72. The summed E-state index contributed by atoms with van der Waals surface area (Å²) in [7, 11) is 1.98.